The lowest BCUT2D eigenvalue weighted by Crippen LogP contribution is -2.26. The van der Waals surface area contributed by atoms with E-state index in [1.807, 2.05) is 60.7 Å². The Kier molecular flexibility index (Phi) is 6.80. The molecule has 0 saturated carbocycles. The largest absolute Gasteiger partial charge is 0.454 e. The number of rotatable bonds is 3. The van der Waals surface area contributed by atoms with Gasteiger partial charge in [-0.15, -0.1) is 0 Å². The summed E-state index contributed by atoms with van der Waals surface area (Å²) < 4.78 is 8.95. The van der Waals surface area contributed by atoms with Crippen LogP contribution in [0.25, 0.3) is 96.5 Å². The van der Waals surface area contributed by atoms with Crippen LogP contribution >= 0.6 is 0 Å². The average Bonchev–Trinajstić information content (AvgIpc) is 3.72. The van der Waals surface area contributed by atoms with Crippen LogP contribution in [0, 0.1) is 0 Å². The molecule has 3 aromatic heterocycles. The molecule has 0 atom stereocenters. The number of para-hydroxylation sites is 3. The summed E-state index contributed by atoms with van der Waals surface area (Å²) in [6, 6.07) is 52.7. The minimum atomic E-state index is -0.238. The molecule has 0 aliphatic carbocycles. The number of aromatic nitrogens is 3. The van der Waals surface area contributed by atoms with Crippen LogP contribution in [0.15, 0.2) is 156 Å². The summed E-state index contributed by atoms with van der Waals surface area (Å²) in [6.45, 7) is 13.1. The first-order chi connectivity index (χ1) is 25.9. The van der Waals surface area contributed by atoms with E-state index in [0.29, 0.717) is 5.82 Å². The van der Waals surface area contributed by atoms with Crippen molar-refractivity contribution >= 4 is 57.0 Å². The zero-order chi connectivity index (χ0) is 35.8. The van der Waals surface area contributed by atoms with Gasteiger partial charge in [0.25, 0.3) is 0 Å². The summed E-state index contributed by atoms with van der Waals surface area (Å²) in [7, 11) is 0. The number of nitrogens with zero attached hydrogens (tertiary/aromatic N) is 3. The molecule has 0 amide bonds. The maximum Gasteiger partial charge on any atom is 0.161 e. The highest BCUT2D eigenvalue weighted by atomic mass is 16.3. The van der Waals surface area contributed by atoms with Crippen LogP contribution in [0.3, 0.4) is 0 Å². The topological polar surface area (TPSA) is 43.9 Å². The Morgan fingerprint density at radius 1 is 0.566 bits per heavy atom. The molecule has 4 heterocycles. The van der Waals surface area contributed by atoms with Gasteiger partial charge in [-0.2, -0.15) is 0 Å². The standard InChI is InChI=1S/C49H35N3O/c1-30-14-5-6-16-31(2)35(21-11-15-30)48-50-41-24-9-7-19-36(41)44(51-48)34-18-12-17-32(28-34)33-26-27-42-40(29-33)49(3,4)39-23-13-22-38-45(39)52(42)46-37-20-8-10-25-43(37)53-47(38)46/h5-29H,1-2H2,3-4H3. The van der Waals surface area contributed by atoms with Gasteiger partial charge in [-0.05, 0) is 75.2 Å². The van der Waals surface area contributed by atoms with E-state index in [2.05, 4.69) is 123 Å². The van der Waals surface area contributed by atoms with E-state index < -0.39 is 0 Å². The van der Waals surface area contributed by atoms with Crippen molar-refractivity contribution < 1.29 is 4.42 Å². The first-order valence-electron chi connectivity index (χ1n) is 18.0. The fourth-order valence-corrected chi connectivity index (χ4v) is 8.17. The normalized spacial score (nSPS) is 13.0. The van der Waals surface area contributed by atoms with Gasteiger partial charge in [0.05, 0.1) is 22.4 Å². The molecule has 1 aliphatic heterocycles. The lowest BCUT2D eigenvalue weighted by atomic mass is 9.74. The van der Waals surface area contributed by atoms with Gasteiger partial charge in [-0.3, -0.25) is 0 Å². The molecule has 0 fully saturated rings. The summed E-state index contributed by atoms with van der Waals surface area (Å²) in [4.78, 5) is 10.3. The molecule has 0 bridgehead atoms. The summed E-state index contributed by atoms with van der Waals surface area (Å²) in [5.41, 5.74) is 13.7. The zero-order valence-corrected chi connectivity index (χ0v) is 29.6. The Bertz CT molecular complexity index is 3150. The van der Waals surface area contributed by atoms with Gasteiger partial charge < -0.3 is 8.98 Å². The zero-order valence-electron chi connectivity index (χ0n) is 29.6. The van der Waals surface area contributed by atoms with Crippen LogP contribution in [0.2, 0.25) is 0 Å². The van der Waals surface area contributed by atoms with E-state index in [-0.39, 0.29) is 5.41 Å². The highest BCUT2D eigenvalue weighted by molar-refractivity contribution is 6.17. The minimum absolute atomic E-state index is 0.238. The molecule has 0 saturated heterocycles. The number of hydrogen-bond donors (Lipinski definition) is 0. The van der Waals surface area contributed by atoms with E-state index in [0.717, 1.165) is 76.7 Å². The minimum Gasteiger partial charge on any atom is -0.454 e. The van der Waals surface area contributed by atoms with Crippen molar-refractivity contribution in [1.29, 1.82) is 0 Å². The van der Waals surface area contributed by atoms with E-state index in [9.17, 15) is 0 Å². The van der Waals surface area contributed by atoms with Gasteiger partial charge in [0.15, 0.2) is 11.4 Å². The summed E-state index contributed by atoms with van der Waals surface area (Å²) in [5.74, 6) is 0.629. The number of fused-ring (bicyclic) bond motifs is 8. The van der Waals surface area contributed by atoms with Gasteiger partial charge in [-0.1, -0.05) is 136 Å². The Morgan fingerprint density at radius 2 is 1.26 bits per heavy atom. The lowest BCUT2D eigenvalue weighted by Gasteiger charge is -2.35. The Hall–Kier alpha value is -6.78. The SMILES string of the molecule is C=c1ccccc(=C)c(-c2nc(-c3cccc(-c4ccc5c(c4)C(C)(C)c4cccc6c7oc8ccccc8c7n-5c46)c3)c3ccccc3n2)ccc1. The van der Waals surface area contributed by atoms with E-state index >= 15 is 0 Å². The molecule has 0 N–H and O–H groups in total. The Labute approximate surface area is 307 Å². The molecule has 0 spiro atoms. The monoisotopic (exact) mass is 681 g/mol. The van der Waals surface area contributed by atoms with E-state index in [1.165, 1.54) is 22.3 Å². The first kappa shape index (κ1) is 31.0. The van der Waals surface area contributed by atoms with Crippen molar-refractivity contribution in [1.82, 2.24) is 14.5 Å². The molecule has 252 valence electrons. The molecule has 0 unspecified atom stereocenters. The van der Waals surface area contributed by atoms with Crippen LogP contribution in [0.4, 0.5) is 0 Å². The average molecular weight is 682 g/mol. The highest BCUT2D eigenvalue weighted by Crippen LogP contribution is 2.50. The van der Waals surface area contributed by atoms with Crippen LogP contribution in [0.1, 0.15) is 25.0 Å². The van der Waals surface area contributed by atoms with Gasteiger partial charge in [0, 0.05) is 32.7 Å². The second-order valence-corrected chi connectivity index (χ2v) is 14.4. The molecule has 0 radical (unpaired) electrons. The summed E-state index contributed by atoms with van der Waals surface area (Å²) in [6.07, 6.45) is 0. The third-order valence-electron chi connectivity index (χ3n) is 10.8. The molecule has 53 heavy (non-hydrogen) atoms. The van der Waals surface area contributed by atoms with Gasteiger partial charge in [0.2, 0.25) is 0 Å². The smallest absolute Gasteiger partial charge is 0.161 e. The molecule has 1 aliphatic rings. The first-order valence-corrected chi connectivity index (χ1v) is 18.0. The Morgan fingerprint density at radius 3 is 2.17 bits per heavy atom. The second-order valence-electron chi connectivity index (χ2n) is 14.4. The molecule has 6 aromatic carbocycles. The summed E-state index contributed by atoms with van der Waals surface area (Å²) in [5, 5.41) is 5.02. The van der Waals surface area contributed by atoms with Gasteiger partial charge in [-0.25, -0.2) is 9.97 Å². The summed E-state index contributed by atoms with van der Waals surface area (Å²) >= 11 is 0. The van der Waals surface area contributed by atoms with Gasteiger partial charge in [0.1, 0.15) is 11.1 Å². The number of hydrogen-bond acceptors (Lipinski definition) is 3. The molecular formula is C49H35N3O. The van der Waals surface area contributed by atoms with Crippen molar-refractivity contribution in [2.45, 2.75) is 19.3 Å². The third kappa shape index (κ3) is 4.76. The molecule has 4 heteroatoms. The molecule has 9 aromatic rings. The Balaban J connectivity index is 1.15. The molecule has 4 nitrogen and oxygen atoms in total. The highest BCUT2D eigenvalue weighted by Gasteiger charge is 2.36. The lowest BCUT2D eigenvalue weighted by molar-refractivity contribution is 0.630. The van der Waals surface area contributed by atoms with Crippen LogP contribution in [0.5, 0.6) is 0 Å². The predicted octanol–water partition coefficient (Wildman–Crippen LogP) is 11.1. The fourth-order valence-electron chi connectivity index (χ4n) is 8.17. The second kappa shape index (κ2) is 11.6. The van der Waals surface area contributed by atoms with E-state index in [4.69, 9.17) is 14.4 Å². The van der Waals surface area contributed by atoms with Crippen molar-refractivity contribution in [2.24, 2.45) is 0 Å². The predicted molar refractivity (Wildman–Crippen MR) is 220 cm³/mol. The van der Waals surface area contributed by atoms with Crippen LogP contribution < -0.4 is 10.4 Å². The van der Waals surface area contributed by atoms with E-state index in [1.54, 1.807) is 0 Å². The maximum absolute atomic E-state index is 6.52. The third-order valence-corrected chi connectivity index (χ3v) is 10.8. The van der Waals surface area contributed by atoms with Crippen LogP contribution in [-0.4, -0.2) is 14.5 Å². The van der Waals surface area contributed by atoms with Crippen molar-refractivity contribution in [3.05, 3.63) is 173 Å². The maximum atomic E-state index is 6.52. The fraction of sp³-hybridized carbons (Fsp3) is 0.0612. The van der Waals surface area contributed by atoms with Crippen molar-refractivity contribution in [3.63, 3.8) is 0 Å². The molecule has 10 rings (SSSR count). The number of benzene rings is 5. The number of furan rings is 1. The van der Waals surface area contributed by atoms with Crippen molar-refractivity contribution in [2.75, 3.05) is 0 Å². The van der Waals surface area contributed by atoms with Crippen molar-refractivity contribution in [3.8, 4) is 39.5 Å². The van der Waals surface area contributed by atoms with Crippen LogP contribution in [-0.2, 0) is 5.41 Å². The molecular weight excluding hydrogens is 647 g/mol. The van der Waals surface area contributed by atoms with Gasteiger partial charge >= 0.3 is 0 Å². The quantitative estimate of drug-likeness (QED) is 0.186.